The van der Waals surface area contributed by atoms with Crippen LogP contribution in [0.2, 0.25) is 0 Å². The van der Waals surface area contributed by atoms with Crippen LogP contribution >= 0.6 is 11.3 Å². The molecule has 0 unspecified atom stereocenters. The molecule has 0 saturated carbocycles. The van der Waals surface area contributed by atoms with Crippen molar-refractivity contribution in [3.8, 4) is 11.5 Å². The fourth-order valence-corrected chi connectivity index (χ4v) is 3.40. The molecule has 3 aromatic heterocycles. The maximum atomic E-state index is 13.0. The van der Waals surface area contributed by atoms with Crippen molar-refractivity contribution in [1.82, 2.24) is 19.7 Å². The van der Waals surface area contributed by atoms with Crippen LogP contribution in [0, 0.1) is 5.82 Å². The number of rotatable bonds is 4. The van der Waals surface area contributed by atoms with Gasteiger partial charge in [-0.1, -0.05) is 12.1 Å². The van der Waals surface area contributed by atoms with Crippen molar-refractivity contribution in [2.24, 2.45) is 0 Å². The van der Waals surface area contributed by atoms with Crippen molar-refractivity contribution in [3.05, 3.63) is 63.5 Å². The van der Waals surface area contributed by atoms with E-state index in [0.29, 0.717) is 16.8 Å². The second-order valence-electron chi connectivity index (χ2n) is 5.49. The second kappa shape index (κ2) is 6.21. The summed E-state index contributed by atoms with van der Waals surface area (Å²) in [6.45, 7) is 2.20. The molecule has 0 radical (unpaired) electrons. The van der Waals surface area contributed by atoms with Crippen LogP contribution in [-0.2, 0) is 13.0 Å². The van der Waals surface area contributed by atoms with Gasteiger partial charge in [0.2, 0.25) is 0 Å². The van der Waals surface area contributed by atoms with Gasteiger partial charge in [0.25, 0.3) is 11.4 Å². The van der Waals surface area contributed by atoms with Crippen molar-refractivity contribution >= 4 is 21.6 Å². The molecule has 1 aromatic carbocycles. The average Bonchev–Trinajstić information content (AvgIpc) is 3.25. The molecule has 0 N–H and O–H groups in total. The van der Waals surface area contributed by atoms with E-state index in [1.54, 1.807) is 12.1 Å². The highest BCUT2D eigenvalue weighted by Crippen LogP contribution is 2.21. The number of fused-ring (bicyclic) bond motifs is 1. The number of nitrogens with zero attached hydrogens (tertiary/aromatic N) is 4. The van der Waals surface area contributed by atoms with Crippen LogP contribution in [-0.4, -0.2) is 19.7 Å². The highest BCUT2D eigenvalue weighted by molar-refractivity contribution is 7.18. The van der Waals surface area contributed by atoms with Crippen molar-refractivity contribution in [1.29, 1.82) is 0 Å². The molecule has 126 valence electrons. The number of hydrogen-bond donors (Lipinski definition) is 0. The lowest BCUT2D eigenvalue weighted by atomic mass is 10.2. The molecule has 0 atom stereocenters. The monoisotopic (exact) mass is 356 g/mol. The first-order chi connectivity index (χ1) is 12.1. The summed E-state index contributed by atoms with van der Waals surface area (Å²) in [7, 11) is 0. The minimum absolute atomic E-state index is 0.130. The molecule has 0 aliphatic rings. The molecule has 0 aliphatic carbocycles. The average molecular weight is 356 g/mol. The summed E-state index contributed by atoms with van der Waals surface area (Å²) in [5, 5.41) is 4.49. The highest BCUT2D eigenvalue weighted by atomic mass is 32.1. The Labute approximate surface area is 145 Å². The fourth-order valence-electron chi connectivity index (χ4n) is 2.48. The lowest BCUT2D eigenvalue weighted by Crippen LogP contribution is -2.21. The van der Waals surface area contributed by atoms with Crippen LogP contribution in [0.3, 0.4) is 0 Å². The molecule has 0 spiro atoms. The van der Waals surface area contributed by atoms with Crippen LogP contribution in [0.1, 0.15) is 17.6 Å². The molecule has 0 aliphatic heterocycles. The maximum absolute atomic E-state index is 13.0. The number of benzene rings is 1. The Kier molecular flexibility index (Phi) is 3.89. The van der Waals surface area contributed by atoms with E-state index >= 15 is 0 Å². The molecule has 8 heteroatoms. The van der Waals surface area contributed by atoms with Gasteiger partial charge in [0.05, 0.1) is 18.3 Å². The van der Waals surface area contributed by atoms with Gasteiger partial charge in [0, 0.05) is 10.4 Å². The zero-order valence-electron chi connectivity index (χ0n) is 13.3. The largest absolute Gasteiger partial charge is 0.334 e. The topological polar surface area (TPSA) is 73.8 Å². The van der Waals surface area contributed by atoms with E-state index in [1.165, 1.54) is 34.4 Å². The summed E-state index contributed by atoms with van der Waals surface area (Å²) < 4.78 is 19.6. The van der Waals surface area contributed by atoms with Gasteiger partial charge in [0.15, 0.2) is 5.82 Å². The lowest BCUT2D eigenvalue weighted by Gasteiger charge is -2.00. The van der Waals surface area contributed by atoms with Gasteiger partial charge in [-0.2, -0.15) is 4.98 Å². The zero-order valence-corrected chi connectivity index (χ0v) is 14.1. The van der Waals surface area contributed by atoms with E-state index in [1.807, 2.05) is 13.0 Å². The smallest absolute Gasteiger partial charge is 0.262 e. The van der Waals surface area contributed by atoms with E-state index in [0.717, 1.165) is 16.1 Å². The molecule has 25 heavy (non-hydrogen) atoms. The molecule has 0 bridgehead atoms. The summed E-state index contributed by atoms with van der Waals surface area (Å²) >= 11 is 1.52. The SMILES string of the molecule is CCc1cc2c(=O)n(Cc3noc(-c4ccc(F)cc4)n3)cnc2s1. The Morgan fingerprint density at radius 2 is 2.08 bits per heavy atom. The fraction of sp³-hybridized carbons (Fsp3) is 0.176. The predicted molar refractivity (Wildman–Crippen MR) is 92.1 cm³/mol. The van der Waals surface area contributed by atoms with E-state index in [-0.39, 0.29) is 23.8 Å². The van der Waals surface area contributed by atoms with Crippen LogP contribution in [0.25, 0.3) is 21.7 Å². The van der Waals surface area contributed by atoms with E-state index in [9.17, 15) is 9.18 Å². The third-order valence-corrected chi connectivity index (χ3v) is 4.98. The zero-order chi connectivity index (χ0) is 17.4. The molecule has 4 rings (SSSR count). The van der Waals surface area contributed by atoms with Crippen LogP contribution < -0.4 is 5.56 Å². The minimum Gasteiger partial charge on any atom is -0.334 e. The maximum Gasteiger partial charge on any atom is 0.262 e. The minimum atomic E-state index is -0.336. The molecule has 0 fully saturated rings. The van der Waals surface area contributed by atoms with Gasteiger partial charge < -0.3 is 4.52 Å². The molecular weight excluding hydrogens is 343 g/mol. The van der Waals surface area contributed by atoms with Crippen molar-refractivity contribution < 1.29 is 8.91 Å². The standard InChI is InChI=1S/C17H13FN4O2S/c1-2-12-7-13-16(25-12)19-9-22(17(13)23)8-14-20-15(24-21-14)10-3-5-11(18)6-4-10/h3-7,9H,2,8H2,1H3. The highest BCUT2D eigenvalue weighted by Gasteiger charge is 2.13. The summed E-state index contributed by atoms with van der Waals surface area (Å²) in [5.74, 6) is 0.297. The summed E-state index contributed by atoms with van der Waals surface area (Å²) in [5.41, 5.74) is 0.487. The Morgan fingerprint density at radius 1 is 1.28 bits per heavy atom. The molecule has 3 heterocycles. The number of thiophene rings is 1. The number of hydrogen-bond acceptors (Lipinski definition) is 6. The van der Waals surface area contributed by atoms with Gasteiger partial charge in [-0.25, -0.2) is 9.37 Å². The van der Waals surface area contributed by atoms with E-state index < -0.39 is 0 Å². The predicted octanol–water partition coefficient (Wildman–Crippen LogP) is 3.26. The third kappa shape index (κ3) is 2.96. The van der Waals surface area contributed by atoms with Crippen LogP contribution in [0.4, 0.5) is 4.39 Å². The van der Waals surface area contributed by atoms with Gasteiger partial charge in [-0.05, 0) is 36.8 Å². The van der Waals surface area contributed by atoms with Gasteiger partial charge in [-0.3, -0.25) is 9.36 Å². The van der Waals surface area contributed by atoms with E-state index in [4.69, 9.17) is 4.52 Å². The number of aromatic nitrogens is 4. The van der Waals surface area contributed by atoms with Gasteiger partial charge in [-0.15, -0.1) is 11.3 Å². The number of aryl methyl sites for hydroxylation is 1. The van der Waals surface area contributed by atoms with Crippen molar-refractivity contribution in [2.75, 3.05) is 0 Å². The molecule has 0 saturated heterocycles. The third-order valence-electron chi connectivity index (χ3n) is 3.79. The normalized spacial score (nSPS) is 11.3. The van der Waals surface area contributed by atoms with Crippen LogP contribution in [0.5, 0.6) is 0 Å². The van der Waals surface area contributed by atoms with Gasteiger partial charge in [0.1, 0.15) is 10.6 Å². The quantitative estimate of drug-likeness (QED) is 0.561. The number of halogens is 1. The summed E-state index contributed by atoms with van der Waals surface area (Å²) in [6, 6.07) is 7.65. The Hall–Kier alpha value is -2.87. The second-order valence-corrected chi connectivity index (χ2v) is 6.60. The first kappa shape index (κ1) is 15.6. The van der Waals surface area contributed by atoms with Gasteiger partial charge >= 0.3 is 0 Å². The molecule has 0 amide bonds. The molecule has 4 aromatic rings. The van der Waals surface area contributed by atoms with Crippen molar-refractivity contribution in [3.63, 3.8) is 0 Å². The first-order valence-corrected chi connectivity index (χ1v) is 8.52. The lowest BCUT2D eigenvalue weighted by molar-refractivity contribution is 0.420. The van der Waals surface area contributed by atoms with E-state index in [2.05, 4.69) is 15.1 Å². The summed E-state index contributed by atoms with van der Waals surface area (Å²) in [4.78, 5) is 23.0. The molecular formula is C17H13FN4O2S. The Balaban J connectivity index is 1.64. The van der Waals surface area contributed by atoms with Crippen LogP contribution in [0.15, 0.2) is 46.0 Å². The Morgan fingerprint density at radius 3 is 2.84 bits per heavy atom. The summed E-state index contributed by atoms with van der Waals surface area (Å²) in [6.07, 6.45) is 2.36. The van der Waals surface area contributed by atoms with Crippen molar-refractivity contribution in [2.45, 2.75) is 19.9 Å². The Bertz CT molecular complexity index is 1100. The molecule has 6 nitrogen and oxygen atoms in total. The first-order valence-electron chi connectivity index (χ1n) is 7.70.